The maximum Gasteiger partial charge on any atom is 0.473 e. The van der Waals surface area contributed by atoms with Gasteiger partial charge in [0.25, 0.3) is 0 Å². The first-order valence-corrected chi connectivity index (χ1v) is 10.00. The van der Waals surface area contributed by atoms with Crippen molar-refractivity contribution in [2.24, 2.45) is 11.5 Å². The van der Waals surface area contributed by atoms with Crippen LogP contribution in [0.2, 0.25) is 0 Å². The van der Waals surface area contributed by atoms with Gasteiger partial charge in [-0.15, -0.1) is 0 Å². The minimum atomic E-state index is -4.13. The zero-order valence-corrected chi connectivity index (χ0v) is 16.6. The number of phosphoric acid groups is 1. The highest BCUT2D eigenvalue weighted by molar-refractivity contribution is 7.47. The first-order chi connectivity index (χ1) is 10.2. The van der Waals surface area contributed by atoms with Gasteiger partial charge in [-0.3, -0.25) is 9.05 Å². The summed E-state index contributed by atoms with van der Waals surface area (Å²) in [6.45, 7) is 11.1. The fraction of sp³-hybridized carbons (Fsp3) is 1.00. The molecule has 0 aromatic carbocycles. The minimum Gasteiger partial charge on any atom is -0.328 e. The molecule has 0 aliphatic heterocycles. The van der Waals surface area contributed by atoms with E-state index in [1.807, 2.05) is 13.8 Å². The molecule has 0 saturated carbocycles. The summed E-state index contributed by atoms with van der Waals surface area (Å²) in [5.74, 6) is 0. The van der Waals surface area contributed by atoms with Crippen LogP contribution in [0, 0.1) is 0 Å². The van der Waals surface area contributed by atoms with E-state index in [1.165, 1.54) is 0 Å². The molecule has 7 heteroatoms. The molecular weight excluding hydrogens is 315 g/mol. The molecule has 0 amide bonds. The molecule has 0 bridgehead atoms. The third kappa shape index (κ3) is 13.0. The fourth-order valence-corrected chi connectivity index (χ4v) is 3.90. The Labute approximate surface area is 141 Å². The molecule has 5 N–H and O–H groups in total. The van der Waals surface area contributed by atoms with Gasteiger partial charge in [0.2, 0.25) is 0 Å². The molecule has 0 heterocycles. The molecule has 0 aromatic heterocycles. The monoisotopic (exact) mass is 352 g/mol. The lowest BCUT2D eigenvalue weighted by molar-refractivity contribution is -0.00448. The lowest BCUT2D eigenvalue weighted by Gasteiger charge is -2.32. The van der Waals surface area contributed by atoms with Crippen LogP contribution in [0.4, 0.5) is 0 Å². The number of hydrogen-bond acceptors (Lipinski definition) is 5. The van der Waals surface area contributed by atoms with E-state index in [0.717, 1.165) is 25.7 Å². The van der Waals surface area contributed by atoms with Gasteiger partial charge in [-0.1, -0.05) is 0 Å². The lowest BCUT2D eigenvalue weighted by Crippen LogP contribution is -2.29. The number of nitrogens with two attached hydrogens (primary N) is 2. The zero-order chi connectivity index (χ0) is 18.3. The third-order valence-corrected chi connectivity index (χ3v) is 5.05. The van der Waals surface area contributed by atoms with Crippen molar-refractivity contribution in [3.05, 3.63) is 0 Å². The minimum absolute atomic E-state index is 0.117. The summed E-state index contributed by atoms with van der Waals surface area (Å²) in [6.07, 6.45) is 4.67. The quantitative estimate of drug-likeness (QED) is 0.462. The molecule has 6 nitrogen and oxygen atoms in total. The molecule has 0 aliphatic carbocycles. The summed E-state index contributed by atoms with van der Waals surface area (Å²) in [5, 5.41) is 0. The summed E-state index contributed by atoms with van der Waals surface area (Å²) in [6, 6.07) is 0.235. The third-order valence-electron chi connectivity index (χ3n) is 3.60. The van der Waals surface area contributed by atoms with E-state index in [9.17, 15) is 9.46 Å². The number of rotatable bonds is 12. The standard InChI is InChI=1S/C16H37N2O4P/c1-13(17)9-7-11-15(3,4)21-23(19,20)22-16(5,6)12-8-10-14(2)18/h13-14H,7-12,17-18H2,1-6H3,(H,19,20)/t13-,14-/m0/s1. The summed E-state index contributed by atoms with van der Waals surface area (Å²) < 4.78 is 23.1. The average Bonchev–Trinajstić information content (AvgIpc) is 2.22. The molecular formula is C16H37N2O4P. The van der Waals surface area contributed by atoms with E-state index in [4.69, 9.17) is 20.5 Å². The van der Waals surface area contributed by atoms with Crippen molar-refractivity contribution in [1.29, 1.82) is 0 Å². The maximum absolute atomic E-state index is 12.3. The summed E-state index contributed by atoms with van der Waals surface area (Å²) >= 11 is 0. The topological polar surface area (TPSA) is 108 Å². The highest BCUT2D eigenvalue weighted by atomic mass is 31.2. The molecule has 0 unspecified atom stereocenters. The first-order valence-electron chi connectivity index (χ1n) is 8.50. The van der Waals surface area contributed by atoms with E-state index in [1.54, 1.807) is 27.7 Å². The van der Waals surface area contributed by atoms with E-state index in [0.29, 0.717) is 12.8 Å². The van der Waals surface area contributed by atoms with Gasteiger partial charge in [0.1, 0.15) is 0 Å². The van der Waals surface area contributed by atoms with Crippen LogP contribution >= 0.6 is 7.82 Å². The van der Waals surface area contributed by atoms with Crippen LogP contribution in [-0.4, -0.2) is 28.2 Å². The Hall–Kier alpha value is 0.0300. The average molecular weight is 352 g/mol. The molecule has 0 fully saturated rings. The van der Waals surface area contributed by atoms with Gasteiger partial charge in [0.05, 0.1) is 11.2 Å². The molecule has 0 aromatic rings. The Morgan fingerprint density at radius 2 is 1.22 bits per heavy atom. The van der Waals surface area contributed by atoms with E-state index >= 15 is 0 Å². The van der Waals surface area contributed by atoms with E-state index < -0.39 is 19.0 Å². The molecule has 0 radical (unpaired) electrons. The van der Waals surface area contributed by atoms with Crippen LogP contribution in [0.3, 0.4) is 0 Å². The summed E-state index contributed by atoms with van der Waals surface area (Å²) in [4.78, 5) is 10.1. The molecule has 0 saturated heterocycles. The highest BCUT2D eigenvalue weighted by Gasteiger charge is 2.37. The van der Waals surface area contributed by atoms with Crippen molar-refractivity contribution >= 4 is 7.82 Å². The number of phosphoric ester groups is 1. The Kier molecular flexibility index (Phi) is 9.51. The predicted molar refractivity (Wildman–Crippen MR) is 95.2 cm³/mol. The normalized spacial score (nSPS) is 16.4. The van der Waals surface area contributed by atoms with Crippen molar-refractivity contribution in [1.82, 2.24) is 0 Å². The second-order valence-electron chi connectivity index (χ2n) is 7.91. The second-order valence-corrected chi connectivity index (χ2v) is 9.21. The molecule has 23 heavy (non-hydrogen) atoms. The first kappa shape index (κ1) is 23.0. The zero-order valence-electron chi connectivity index (χ0n) is 15.7. The lowest BCUT2D eigenvalue weighted by atomic mass is 10.00. The predicted octanol–water partition coefficient (Wildman–Crippen LogP) is 3.71. The van der Waals surface area contributed by atoms with Gasteiger partial charge < -0.3 is 16.4 Å². The summed E-state index contributed by atoms with van der Waals surface area (Å²) in [5.41, 5.74) is 9.97. The van der Waals surface area contributed by atoms with Crippen molar-refractivity contribution in [2.45, 2.75) is 103 Å². The Balaban J connectivity index is 4.46. The van der Waals surface area contributed by atoms with E-state index in [-0.39, 0.29) is 12.1 Å². The van der Waals surface area contributed by atoms with Gasteiger partial charge in [0, 0.05) is 12.1 Å². The van der Waals surface area contributed by atoms with Crippen LogP contribution in [0.1, 0.15) is 80.1 Å². The molecule has 0 spiro atoms. The highest BCUT2D eigenvalue weighted by Crippen LogP contribution is 2.52. The maximum atomic E-state index is 12.3. The second kappa shape index (κ2) is 9.50. The van der Waals surface area contributed by atoms with Gasteiger partial charge in [-0.05, 0) is 80.1 Å². The molecule has 140 valence electrons. The van der Waals surface area contributed by atoms with Gasteiger partial charge in [-0.25, -0.2) is 4.57 Å². The molecule has 0 aliphatic rings. The van der Waals surface area contributed by atoms with Crippen LogP contribution < -0.4 is 11.5 Å². The Morgan fingerprint density at radius 1 is 0.913 bits per heavy atom. The SMILES string of the molecule is C[C@H](N)CCCC(C)(C)OP(=O)(O)OC(C)(C)CCC[C@H](C)N. The van der Waals surface area contributed by atoms with E-state index in [2.05, 4.69) is 0 Å². The van der Waals surface area contributed by atoms with Crippen molar-refractivity contribution in [3.63, 3.8) is 0 Å². The van der Waals surface area contributed by atoms with Crippen molar-refractivity contribution < 1.29 is 18.5 Å². The Bertz CT molecular complexity index is 352. The largest absolute Gasteiger partial charge is 0.473 e. The van der Waals surface area contributed by atoms with Crippen molar-refractivity contribution in [3.8, 4) is 0 Å². The van der Waals surface area contributed by atoms with Gasteiger partial charge in [0.15, 0.2) is 0 Å². The smallest absolute Gasteiger partial charge is 0.328 e. The molecule has 0 rings (SSSR count). The van der Waals surface area contributed by atoms with Gasteiger partial charge >= 0.3 is 7.82 Å². The summed E-state index contributed by atoms with van der Waals surface area (Å²) in [7, 11) is -4.13. The fourth-order valence-electron chi connectivity index (χ4n) is 2.43. The van der Waals surface area contributed by atoms with Crippen LogP contribution in [0.25, 0.3) is 0 Å². The van der Waals surface area contributed by atoms with Crippen molar-refractivity contribution in [2.75, 3.05) is 0 Å². The van der Waals surface area contributed by atoms with Crippen LogP contribution in [0.15, 0.2) is 0 Å². The van der Waals surface area contributed by atoms with Crippen LogP contribution in [0.5, 0.6) is 0 Å². The molecule has 2 atom stereocenters. The Morgan fingerprint density at radius 3 is 1.48 bits per heavy atom. The number of hydrogen-bond donors (Lipinski definition) is 3. The van der Waals surface area contributed by atoms with Crippen LogP contribution in [-0.2, 0) is 13.6 Å². The van der Waals surface area contributed by atoms with Gasteiger partial charge in [-0.2, -0.15) is 0 Å².